The first-order valence-corrected chi connectivity index (χ1v) is 5.19. The second-order valence-corrected chi connectivity index (χ2v) is 3.69. The zero-order chi connectivity index (χ0) is 10.4. The van der Waals surface area contributed by atoms with Crippen LogP contribution in [0.4, 0.5) is 4.39 Å². The normalized spacial score (nSPS) is 20.4. The minimum atomic E-state index is -0.560. The highest BCUT2D eigenvalue weighted by Gasteiger charge is 2.40. The van der Waals surface area contributed by atoms with Gasteiger partial charge in [-0.25, -0.2) is 0 Å². The third-order valence-electron chi connectivity index (χ3n) is 2.84. The van der Waals surface area contributed by atoms with E-state index in [0.29, 0.717) is 25.9 Å². The number of rotatable bonds is 4. The third-order valence-corrected chi connectivity index (χ3v) is 2.84. The zero-order valence-corrected chi connectivity index (χ0v) is 8.64. The van der Waals surface area contributed by atoms with Crippen molar-refractivity contribution in [2.24, 2.45) is 5.41 Å². The molecule has 1 saturated heterocycles. The Balaban J connectivity index is 2.63. The summed E-state index contributed by atoms with van der Waals surface area (Å²) in [6.07, 6.45) is 1.68. The lowest BCUT2D eigenvalue weighted by Gasteiger charge is -2.34. The van der Waals surface area contributed by atoms with Crippen LogP contribution in [0.5, 0.6) is 0 Å². The monoisotopic (exact) mass is 203 g/mol. The molecule has 1 rings (SSSR count). The standard InChI is InChI=1S/C10H18FNO2/c1-2-14-9(13)10(3-6-11)4-7-12-8-5-10/h12H,2-8H2,1H3. The van der Waals surface area contributed by atoms with Gasteiger partial charge in [-0.15, -0.1) is 0 Å². The van der Waals surface area contributed by atoms with Crippen molar-refractivity contribution < 1.29 is 13.9 Å². The summed E-state index contributed by atoms with van der Waals surface area (Å²) < 4.78 is 17.4. The molecular weight excluding hydrogens is 185 g/mol. The van der Waals surface area contributed by atoms with Gasteiger partial charge in [0.2, 0.25) is 0 Å². The molecule has 0 spiro atoms. The van der Waals surface area contributed by atoms with Gasteiger partial charge in [0, 0.05) is 0 Å². The third kappa shape index (κ3) is 2.44. The molecule has 1 aliphatic heterocycles. The van der Waals surface area contributed by atoms with Gasteiger partial charge in [0.05, 0.1) is 18.7 Å². The number of nitrogens with one attached hydrogen (secondary N) is 1. The lowest BCUT2D eigenvalue weighted by Crippen LogP contribution is -2.43. The topological polar surface area (TPSA) is 38.3 Å². The Morgan fingerprint density at radius 2 is 2.14 bits per heavy atom. The number of hydrogen-bond acceptors (Lipinski definition) is 3. The van der Waals surface area contributed by atoms with Crippen LogP contribution in [-0.2, 0) is 9.53 Å². The van der Waals surface area contributed by atoms with E-state index in [1.165, 1.54) is 0 Å². The number of esters is 1. The van der Waals surface area contributed by atoms with E-state index in [2.05, 4.69) is 5.32 Å². The van der Waals surface area contributed by atoms with E-state index in [0.717, 1.165) is 13.1 Å². The minimum absolute atomic E-state index is 0.223. The average molecular weight is 203 g/mol. The predicted molar refractivity (Wildman–Crippen MR) is 51.8 cm³/mol. The fourth-order valence-electron chi connectivity index (χ4n) is 1.93. The van der Waals surface area contributed by atoms with Gasteiger partial charge in [-0.1, -0.05) is 0 Å². The van der Waals surface area contributed by atoms with Gasteiger partial charge >= 0.3 is 5.97 Å². The van der Waals surface area contributed by atoms with Crippen LogP contribution < -0.4 is 5.32 Å². The van der Waals surface area contributed by atoms with Crippen molar-refractivity contribution in [3.05, 3.63) is 0 Å². The van der Waals surface area contributed by atoms with Crippen molar-refractivity contribution in [1.82, 2.24) is 5.32 Å². The van der Waals surface area contributed by atoms with Crippen LogP contribution in [0.3, 0.4) is 0 Å². The number of alkyl halides is 1. The van der Waals surface area contributed by atoms with E-state index in [1.54, 1.807) is 6.92 Å². The summed E-state index contributed by atoms with van der Waals surface area (Å²) in [5.41, 5.74) is -0.560. The van der Waals surface area contributed by atoms with E-state index < -0.39 is 12.1 Å². The van der Waals surface area contributed by atoms with Crippen LogP contribution in [0.1, 0.15) is 26.2 Å². The van der Waals surface area contributed by atoms with Crippen LogP contribution in [0.25, 0.3) is 0 Å². The van der Waals surface area contributed by atoms with Gasteiger partial charge in [-0.05, 0) is 39.3 Å². The fourth-order valence-corrected chi connectivity index (χ4v) is 1.93. The highest BCUT2D eigenvalue weighted by Crippen LogP contribution is 2.34. The molecule has 82 valence electrons. The first-order chi connectivity index (χ1) is 6.75. The Morgan fingerprint density at radius 1 is 1.50 bits per heavy atom. The minimum Gasteiger partial charge on any atom is -0.466 e. The van der Waals surface area contributed by atoms with Crippen molar-refractivity contribution in [2.75, 3.05) is 26.4 Å². The van der Waals surface area contributed by atoms with E-state index in [-0.39, 0.29) is 5.97 Å². The highest BCUT2D eigenvalue weighted by atomic mass is 19.1. The molecule has 0 amide bonds. The van der Waals surface area contributed by atoms with Gasteiger partial charge in [0.1, 0.15) is 0 Å². The first kappa shape index (κ1) is 11.4. The Hall–Kier alpha value is -0.640. The number of ether oxygens (including phenoxy) is 1. The Morgan fingerprint density at radius 3 is 2.64 bits per heavy atom. The molecule has 0 aromatic heterocycles. The van der Waals surface area contributed by atoms with Crippen molar-refractivity contribution in [3.63, 3.8) is 0 Å². The van der Waals surface area contributed by atoms with Crippen molar-refractivity contribution in [2.45, 2.75) is 26.2 Å². The molecule has 4 heteroatoms. The van der Waals surface area contributed by atoms with E-state index >= 15 is 0 Å². The van der Waals surface area contributed by atoms with Crippen LogP contribution >= 0.6 is 0 Å². The molecule has 0 aliphatic carbocycles. The molecular formula is C10H18FNO2. The number of carbonyl (C=O) groups is 1. The molecule has 3 nitrogen and oxygen atoms in total. The molecule has 0 atom stereocenters. The maximum atomic E-state index is 12.4. The lowest BCUT2D eigenvalue weighted by atomic mass is 9.76. The summed E-state index contributed by atoms with van der Waals surface area (Å²) in [4.78, 5) is 11.7. The number of carbonyl (C=O) groups excluding carboxylic acids is 1. The van der Waals surface area contributed by atoms with E-state index in [9.17, 15) is 9.18 Å². The SMILES string of the molecule is CCOC(=O)C1(CCF)CCNCC1. The maximum absolute atomic E-state index is 12.4. The van der Waals surface area contributed by atoms with Crippen LogP contribution in [0.2, 0.25) is 0 Å². The molecule has 1 fully saturated rings. The van der Waals surface area contributed by atoms with Gasteiger partial charge in [0.25, 0.3) is 0 Å². The van der Waals surface area contributed by atoms with E-state index in [4.69, 9.17) is 4.74 Å². The summed E-state index contributed by atoms with van der Waals surface area (Å²) in [6, 6.07) is 0. The summed E-state index contributed by atoms with van der Waals surface area (Å²) in [6.45, 7) is 3.26. The number of hydrogen-bond donors (Lipinski definition) is 1. The van der Waals surface area contributed by atoms with Crippen molar-refractivity contribution in [3.8, 4) is 0 Å². The molecule has 0 aromatic rings. The molecule has 1 N–H and O–H groups in total. The number of halogens is 1. The summed E-state index contributed by atoms with van der Waals surface area (Å²) in [7, 11) is 0. The first-order valence-electron chi connectivity index (χ1n) is 5.19. The average Bonchev–Trinajstić information content (AvgIpc) is 2.20. The lowest BCUT2D eigenvalue weighted by molar-refractivity contribution is -0.158. The summed E-state index contributed by atoms with van der Waals surface area (Å²) in [5, 5.41) is 3.16. The largest absolute Gasteiger partial charge is 0.466 e. The smallest absolute Gasteiger partial charge is 0.312 e. The molecule has 1 aliphatic rings. The van der Waals surface area contributed by atoms with Gasteiger partial charge in [-0.3, -0.25) is 9.18 Å². The fraction of sp³-hybridized carbons (Fsp3) is 0.900. The van der Waals surface area contributed by atoms with E-state index in [1.807, 2.05) is 0 Å². The molecule has 0 radical (unpaired) electrons. The summed E-state index contributed by atoms with van der Waals surface area (Å²) in [5.74, 6) is -0.223. The quantitative estimate of drug-likeness (QED) is 0.699. The highest BCUT2D eigenvalue weighted by molar-refractivity contribution is 5.77. The molecule has 0 bridgehead atoms. The molecule has 0 saturated carbocycles. The van der Waals surface area contributed by atoms with Crippen LogP contribution in [0, 0.1) is 5.41 Å². The van der Waals surface area contributed by atoms with Gasteiger partial charge in [-0.2, -0.15) is 0 Å². The second kappa shape index (κ2) is 5.29. The summed E-state index contributed by atoms with van der Waals surface area (Å²) >= 11 is 0. The van der Waals surface area contributed by atoms with Crippen molar-refractivity contribution in [1.29, 1.82) is 0 Å². The molecule has 0 aromatic carbocycles. The van der Waals surface area contributed by atoms with Gasteiger partial charge in [0.15, 0.2) is 0 Å². The number of piperidine rings is 1. The predicted octanol–water partition coefficient (Wildman–Crippen LogP) is 1.28. The molecule has 0 unspecified atom stereocenters. The molecule has 1 heterocycles. The Bertz CT molecular complexity index is 185. The second-order valence-electron chi connectivity index (χ2n) is 3.69. The van der Waals surface area contributed by atoms with Gasteiger partial charge < -0.3 is 10.1 Å². The van der Waals surface area contributed by atoms with Crippen molar-refractivity contribution >= 4 is 5.97 Å². The molecule has 14 heavy (non-hydrogen) atoms. The Labute approximate surface area is 84.0 Å². The van der Waals surface area contributed by atoms with Crippen LogP contribution in [0.15, 0.2) is 0 Å². The maximum Gasteiger partial charge on any atom is 0.312 e. The Kier molecular flexibility index (Phi) is 4.32. The van der Waals surface area contributed by atoms with Crippen LogP contribution in [-0.4, -0.2) is 32.3 Å². The zero-order valence-electron chi connectivity index (χ0n) is 8.64.